The summed E-state index contributed by atoms with van der Waals surface area (Å²) in [6.07, 6.45) is 0. The minimum absolute atomic E-state index is 0.144. The van der Waals surface area contributed by atoms with Crippen molar-refractivity contribution in [3.63, 3.8) is 0 Å². The van der Waals surface area contributed by atoms with Crippen molar-refractivity contribution in [3.8, 4) is 11.1 Å². The lowest BCUT2D eigenvalue weighted by molar-refractivity contribution is -0.385. The Labute approximate surface area is 194 Å². The number of benzene rings is 4. The zero-order valence-electron chi connectivity index (χ0n) is 18.1. The number of aliphatic hydroxyl groups excluding tert-OH is 2. The highest BCUT2D eigenvalue weighted by atomic mass is 16.6. The second-order valence-corrected chi connectivity index (χ2v) is 8.19. The van der Waals surface area contributed by atoms with Gasteiger partial charge in [-0.05, 0) is 34.4 Å². The molecule has 1 atom stereocenters. The van der Waals surface area contributed by atoms with E-state index in [4.69, 9.17) is 4.74 Å². The number of non-ortho nitro benzene ring substituents is 1. The summed E-state index contributed by atoms with van der Waals surface area (Å²) in [5, 5.41) is 34.4. The van der Waals surface area contributed by atoms with E-state index < -0.39 is 28.0 Å². The summed E-state index contributed by atoms with van der Waals surface area (Å²) < 4.78 is 5.48. The van der Waals surface area contributed by atoms with E-state index >= 15 is 0 Å². The molecule has 0 aliphatic carbocycles. The van der Waals surface area contributed by atoms with Gasteiger partial charge in [0, 0.05) is 23.3 Å². The average molecular weight is 453 g/mol. The minimum atomic E-state index is -1.90. The number of carbonyl (C=O) groups excluding carboxylic acids is 1. The Morgan fingerprint density at radius 3 is 2.29 bits per heavy atom. The first kappa shape index (κ1) is 21.2. The fourth-order valence-corrected chi connectivity index (χ4v) is 4.48. The molecule has 1 heterocycles. The van der Waals surface area contributed by atoms with Crippen molar-refractivity contribution < 1.29 is 24.7 Å². The Hall–Kier alpha value is -4.65. The molecule has 4 aromatic rings. The first-order chi connectivity index (χ1) is 16.3. The molecule has 0 amide bonds. The zero-order chi connectivity index (χ0) is 24.0. The lowest BCUT2D eigenvalue weighted by Crippen LogP contribution is -2.31. The van der Waals surface area contributed by atoms with E-state index in [1.165, 1.54) is 24.3 Å². The number of carbonyl (C=O) groups is 1. The Bertz CT molecular complexity index is 1510. The van der Waals surface area contributed by atoms with Crippen LogP contribution in [0.25, 0.3) is 21.9 Å². The van der Waals surface area contributed by atoms with Gasteiger partial charge in [0.1, 0.15) is 0 Å². The van der Waals surface area contributed by atoms with Crippen LogP contribution in [0.5, 0.6) is 0 Å². The van der Waals surface area contributed by atoms with Gasteiger partial charge in [0.2, 0.25) is 11.4 Å². The lowest BCUT2D eigenvalue weighted by Gasteiger charge is -2.29. The largest absolute Gasteiger partial charge is 0.504 e. The van der Waals surface area contributed by atoms with Crippen molar-refractivity contribution in [3.05, 3.63) is 123 Å². The molecule has 7 nitrogen and oxygen atoms in total. The maximum absolute atomic E-state index is 12.2. The second kappa shape index (κ2) is 7.74. The number of rotatable bonds is 4. The Kier molecular flexibility index (Phi) is 4.83. The average Bonchev–Trinajstić information content (AvgIpc) is 3.08. The molecule has 1 aliphatic rings. The molecule has 5 rings (SSSR count). The summed E-state index contributed by atoms with van der Waals surface area (Å²) in [6, 6.07) is 24.6. The first-order valence-corrected chi connectivity index (χ1v) is 10.5. The molecule has 1 aliphatic heterocycles. The summed E-state index contributed by atoms with van der Waals surface area (Å²) in [5.74, 6) is -2.76. The SMILES string of the molecule is Cc1cc(-c2ccc(C3(c4cccc([N+](=O)[O-])c4)OC(=O)C(O)=C3O)cc2)c2ccccc2c1. The Balaban J connectivity index is 1.68. The van der Waals surface area contributed by atoms with Crippen LogP contribution in [-0.4, -0.2) is 21.1 Å². The maximum atomic E-state index is 12.2. The third kappa shape index (κ3) is 3.17. The third-order valence-corrected chi connectivity index (χ3v) is 6.07. The molecule has 0 fully saturated rings. The van der Waals surface area contributed by atoms with E-state index in [2.05, 4.69) is 12.1 Å². The number of aliphatic hydroxyl groups is 2. The van der Waals surface area contributed by atoms with Gasteiger partial charge in [-0.2, -0.15) is 0 Å². The highest BCUT2D eigenvalue weighted by molar-refractivity contribution is 5.97. The van der Waals surface area contributed by atoms with Crippen molar-refractivity contribution in [1.29, 1.82) is 0 Å². The number of nitrogens with zero attached hydrogens (tertiary/aromatic N) is 1. The van der Waals surface area contributed by atoms with E-state index in [1.54, 1.807) is 12.1 Å². The third-order valence-electron chi connectivity index (χ3n) is 6.07. The number of hydrogen-bond donors (Lipinski definition) is 2. The molecule has 168 valence electrons. The number of hydrogen-bond acceptors (Lipinski definition) is 6. The molecular formula is C27H19NO6. The van der Waals surface area contributed by atoms with Crippen molar-refractivity contribution in [2.75, 3.05) is 0 Å². The topological polar surface area (TPSA) is 110 Å². The zero-order valence-corrected chi connectivity index (χ0v) is 18.1. The van der Waals surface area contributed by atoms with E-state index in [-0.39, 0.29) is 11.3 Å². The molecule has 0 saturated heterocycles. The second-order valence-electron chi connectivity index (χ2n) is 8.19. The van der Waals surface area contributed by atoms with Crippen LogP contribution in [0.15, 0.2) is 96.4 Å². The quantitative estimate of drug-likeness (QED) is 0.228. The van der Waals surface area contributed by atoms with Gasteiger partial charge >= 0.3 is 5.97 Å². The normalized spacial score (nSPS) is 17.7. The maximum Gasteiger partial charge on any atom is 0.378 e. The molecule has 7 heteroatoms. The molecule has 2 N–H and O–H groups in total. The summed E-state index contributed by atoms with van der Waals surface area (Å²) in [4.78, 5) is 23.0. The van der Waals surface area contributed by atoms with Gasteiger partial charge in [-0.15, -0.1) is 0 Å². The van der Waals surface area contributed by atoms with E-state index in [0.717, 1.165) is 27.5 Å². The standard InChI is InChI=1S/C27H19NO6/c1-16-13-18-5-2-3-8-22(18)23(14-16)17-9-11-19(12-10-17)27(25(30)24(29)26(31)34-27)20-6-4-7-21(15-20)28(32)33/h2-15,29-30H,1H3. The highest BCUT2D eigenvalue weighted by Crippen LogP contribution is 2.46. The van der Waals surface area contributed by atoms with Gasteiger partial charge in [0.25, 0.3) is 5.69 Å². The monoisotopic (exact) mass is 453 g/mol. The Morgan fingerprint density at radius 2 is 1.62 bits per heavy atom. The molecule has 4 aromatic carbocycles. The molecule has 0 radical (unpaired) electrons. The summed E-state index contributed by atoms with van der Waals surface area (Å²) in [5.41, 5.74) is 1.35. The van der Waals surface area contributed by atoms with Crippen LogP contribution in [-0.2, 0) is 15.1 Å². The smallest absolute Gasteiger partial charge is 0.378 e. The molecule has 0 spiro atoms. The predicted octanol–water partition coefficient (Wildman–Crippen LogP) is 5.85. The van der Waals surface area contributed by atoms with Crippen LogP contribution in [0.3, 0.4) is 0 Å². The van der Waals surface area contributed by atoms with Crippen molar-refractivity contribution in [2.45, 2.75) is 12.5 Å². The van der Waals surface area contributed by atoms with Crippen LogP contribution in [0.1, 0.15) is 16.7 Å². The fourth-order valence-electron chi connectivity index (χ4n) is 4.48. The summed E-state index contributed by atoms with van der Waals surface area (Å²) >= 11 is 0. The van der Waals surface area contributed by atoms with Gasteiger partial charge in [0.05, 0.1) is 4.92 Å². The lowest BCUT2D eigenvalue weighted by atomic mass is 9.83. The number of esters is 1. The fraction of sp³-hybridized carbons (Fsp3) is 0.0741. The molecule has 1 unspecified atom stereocenters. The van der Waals surface area contributed by atoms with Crippen LogP contribution in [0, 0.1) is 17.0 Å². The molecule has 0 bridgehead atoms. The van der Waals surface area contributed by atoms with Gasteiger partial charge in [-0.25, -0.2) is 4.79 Å². The molecule has 0 aromatic heterocycles. The van der Waals surface area contributed by atoms with E-state index in [9.17, 15) is 25.1 Å². The van der Waals surface area contributed by atoms with Crippen LogP contribution in [0.4, 0.5) is 5.69 Å². The van der Waals surface area contributed by atoms with Gasteiger partial charge in [-0.3, -0.25) is 10.1 Å². The minimum Gasteiger partial charge on any atom is -0.504 e. The van der Waals surface area contributed by atoms with Crippen molar-refractivity contribution >= 4 is 22.4 Å². The summed E-state index contributed by atoms with van der Waals surface area (Å²) in [6.45, 7) is 2.02. The number of ether oxygens (including phenoxy) is 1. The van der Waals surface area contributed by atoms with Crippen LogP contribution >= 0.6 is 0 Å². The Morgan fingerprint density at radius 1 is 0.882 bits per heavy atom. The van der Waals surface area contributed by atoms with Gasteiger partial charge < -0.3 is 14.9 Å². The number of aryl methyl sites for hydroxylation is 1. The number of nitro benzene ring substituents is 1. The summed E-state index contributed by atoms with van der Waals surface area (Å²) in [7, 11) is 0. The number of cyclic esters (lactones) is 1. The van der Waals surface area contributed by atoms with Crippen LogP contribution < -0.4 is 0 Å². The molecule has 0 saturated carbocycles. The van der Waals surface area contributed by atoms with Gasteiger partial charge in [0.15, 0.2) is 5.76 Å². The van der Waals surface area contributed by atoms with Crippen molar-refractivity contribution in [2.24, 2.45) is 0 Å². The highest BCUT2D eigenvalue weighted by Gasteiger charge is 2.52. The molecule has 34 heavy (non-hydrogen) atoms. The predicted molar refractivity (Wildman–Crippen MR) is 126 cm³/mol. The van der Waals surface area contributed by atoms with E-state index in [0.29, 0.717) is 5.56 Å². The number of nitro groups is 1. The van der Waals surface area contributed by atoms with Crippen molar-refractivity contribution in [1.82, 2.24) is 0 Å². The molecular weight excluding hydrogens is 434 g/mol. The van der Waals surface area contributed by atoms with Crippen LogP contribution in [0.2, 0.25) is 0 Å². The van der Waals surface area contributed by atoms with E-state index in [1.807, 2.05) is 43.3 Å². The van der Waals surface area contributed by atoms with Gasteiger partial charge in [-0.1, -0.05) is 72.8 Å². The number of fused-ring (bicyclic) bond motifs is 1. The first-order valence-electron chi connectivity index (χ1n) is 10.5.